The number of benzene rings is 1. The molecule has 0 bridgehead atoms. The molecule has 3 heteroatoms. The highest BCUT2D eigenvalue weighted by Crippen LogP contribution is 2.10. The SMILES string of the molecule is C#Cc1cccc(C(=N)N)c1F. The van der Waals surface area contributed by atoms with Gasteiger partial charge in [0.15, 0.2) is 0 Å². The van der Waals surface area contributed by atoms with Gasteiger partial charge in [-0.25, -0.2) is 4.39 Å². The summed E-state index contributed by atoms with van der Waals surface area (Å²) in [4.78, 5) is 0. The van der Waals surface area contributed by atoms with Gasteiger partial charge in [0, 0.05) is 0 Å². The molecule has 0 atom stereocenters. The Bertz CT molecular complexity index is 363. The molecule has 1 aromatic carbocycles. The molecular weight excluding hydrogens is 155 g/mol. The van der Waals surface area contributed by atoms with E-state index in [-0.39, 0.29) is 17.0 Å². The molecule has 1 aromatic rings. The maximum Gasteiger partial charge on any atom is 0.149 e. The lowest BCUT2D eigenvalue weighted by atomic mass is 10.1. The fraction of sp³-hybridized carbons (Fsp3) is 0. The molecule has 0 aliphatic carbocycles. The third-order valence-electron chi connectivity index (χ3n) is 1.44. The van der Waals surface area contributed by atoms with Gasteiger partial charge < -0.3 is 5.73 Å². The van der Waals surface area contributed by atoms with Crippen LogP contribution in [0.1, 0.15) is 11.1 Å². The molecule has 0 heterocycles. The van der Waals surface area contributed by atoms with Gasteiger partial charge in [0.2, 0.25) is 0 Å². The Morgan fingerprint density at radius 1 is 1.58 bits per heavy atom. The van der Waals surface area contributed by atoms with Crippen molar-refractivity contribution in [2.24, 2.45) is 5.73 Å². The molecule has 0 radical (unpaired) electrons. The number of hydrogen-bond donors (Lipinski definition) is 2. The second kappa shape index (κ2) is 3.05. The minimum atomic E-state index is -0.604. The largest absolute Gasteiger partial charge is 0.384 e. The van der Waals surface area contributed by atoms with Gasteiger partial charge in [0.1, 0.15) is 11.7 Å². The zero-order valence-electron chi connectivity index (χ0n) is 6.26. The smallest absolute Gasteiger partial charge is 0.149 e. The number of terminal acetylenes is 1. The fourth-order valence-electron chi connectivity index (χ4n) is 0.851. The van der Waals surface area contributed by atoms with Crippen LogP contribution in [0.25, 0.3) is 0 Å². The van der Waals surface area contributed by atoms with Gasteiger partial charge in [-0.1, -0.05) is 12.0 Å². The Balaban J connectivity index is 3.35. The van der Waals surface area contributed by atoms with Crippen LogP contribution in [0, 0.1) is 23.6 Å². The molecule has 0 aliphatic rings. The predicted molar refractivity (Wildman–Crippen MR) is 45.4 cm³/mol. The first-order chi connectivity index (χ1) is 5.66. The topological polar surface area (TPSA) is 49.9 Å². The minimum Gasteiger partial charge on any atom is -0.384 e. The Morgan fingerprint density at radius 2 is 2.25 bits per heavy atom. The molecule has 60 valence electrons. The molecule has 0 fully saturated rings. The Labute approximate surface area is 69.7 Å². The van der Waals surface area contributed by atoms with E-state index in [0.29, 0.717) is 0 Å². The molecule has 0 spiro atoms. The summed E-state index contributed by atoms with van der Waals surface area (Å²) in [6, 6.07) is 4.44. The Hall–Kier alpha value is -1.82. The number of nitrogen functional groups attached to an aromatic ring is 1. The van der Waals surface area contributed by atoms with Crippen LogP contribution in [-0.4, -0.2) is 5.84 Å². The van der Waals surface area contributed by atoms with E-state index in [2.05, 4.69) is 5.92 Å². The molecule has 0 amide bonds. The summed E-state index contributed by atoms with van der Waals surface area (Å²) < 4.78 is 13.2. The molecule has 0 saturated carbocycles. The highest BCUT2D eigenvalue weighted by molar-refractivity contribution is 5.95. The average molecular weight is 162 g/mol. The molecule has 0 aromatic heterocycles. The minimum absolute atomic E-state index is 0.0467. The first-order valence-electron chi connectivity index (χ1n) is 3.26. The van der Waals surface area contributed by atoms with Crippen LogP contribution in [0.2, 0.25) is 0 Å². The van der Waals surface area contributed by atoms with E-state index in [9.17, 15) is 4.39 Å². The van der Waals surface area contributed by atoms with Crippen LogP contribution in [0.15, 0.2) is 18.2 Å². The summed E-state index contributed by atoms with van der Waals surface area (Å²) in [6.45, 7) is 0. The van der Waals surface area contributed by atoms with E-state index >= 15 is 0 Å². The monoisotopic (exact) mass is 162 g/mol. The molecule has 0 unspecified atom stereocenters. The highest BCUT2D eigenvalue weighted by atomic mass is 19.1. The number of hydrogen-bond acceptors (Lipinski definition) is 1. The first-order valence-corrected chi connectivity index (χ1v) is 3.26. The molecule has 12 heavy (non-hydrogen) atoms. The quantitative estimate of drug-likeness (QED) is 0.362. The van der Waals surface area contributed by atoms with Gasteiger partial charge in [-0.3, -0.25) is 5.41 Å². The molecule has 0 saturated heterocycles. The third-order valence-corrected chi connectivity index (χ3v) is 1.44. The van der Waals surface area contributed by atoms with Crippen molar-refractivity contribution in [3.63, 3.8) is 0 Å². The van der Waals surface area contributed by atoms with E-state index in [4.69, 9.17) is 17.6 Å². The summed E-state index contributed by atoms with van der Waals surface area (Å²) in [5.41, 5.74) is 5.29. The summed E-state index contributed by atoms with van der Waals surface area (Å²) in [6.07, 6.45) is 5.02. The maximum atomic E-state index is 13.2. The predicted octanol–water partition coefficient (Wildman–Crippen LogP) is 1.09. The van der Waals surface area contributed by atoms with Crippen molar-refractivity contribution in [2.75, 3.05) is 0 Å². The standard InChI is InChI=1S/C9H7FN2/c1-2-6-4-3-5-7(8(6)10)9(11)12/h1,3-5H,(H3,11,12). The zero-order valence-corrected chi connectivity index (χ0v) is 6.26. The fourth-order valence-corrected chi connectivity index (χ4v) is 0.851. The van der Waals surface area contributed by atoms with E-state index in [0.717, 1.165) is 0 Å². The van der Waals surface area contributed by atoms with Crippen LogP contribution in [0.5, 0.6) is 0 Å². The van der Waals surface area contributed by atoms with Gasteiger partial charge in [-0.2, -0.15) is 0 Å². The van der Waals surface area contributed by atoms with E-state index in [1.807, 2.05) is 0 Å². The Morgan fingerprint density at radius 3 is 2.75 bits per heavy atom. The van der Waals surface area contributed by atoms with Crippen molar-refractivity contribution in [2.45, 2.75) is 0 Å². The van der Waals surface area contributed by atoms with E-state index < -0.39 is 5.82 Å². The number of nitrogens with one attached hydrogen (secondary N) is 1. The summed E-state index contributed by atoms with van der Waals surface area (Å²) in [5, 5.41) is 7.02. The van der Waals surface area contributed by atoms with Crippen LogP contribution in [-0.2, 0) is 0 Å². The van der Waals surface area contributed by atoms with Gasteiger partial charge in [0.25, 0.3) is 0 Å². The third kappa shape index (κ3) is 1.28. The molecule has 2 nitrogen and oxygen atoms in total. The van der Waals surface area contributed by atoms with E-state index in [1.165, 1.54) is 12.1 Å². The van der Waals surface area contributed by atoms with Gasteiger partial charge in [-0.15, -0.1) is 6.42 Å². The Kier molecular flexibility index (Phi) is 2.11. The van der Waals surface area contributed by atoms with Crippen molar-refractivity contribution in [1.82, 2.24) is 0 Å². The van der Waals surface area contributed by atoms with Crippen molar-refractivity contribution in [1.29, 1.82) is 5.41 Å². The summed E-state index contributed by atoms with van der Waals surface area (Å²) >= 11 is 0. The number of halogens is 1. The first kappa shape index (κ1) is 8.28. The van der Waals surface area contributed by atoms with Gasteiger partial charge in [0.05, 0.1) is 11.1 Å². The zero-order chi connectivity index (χ0) is 9.14. The van der Waals surface area contributed by atoms with Crippen LogP contribution in [0.3, 0.4) is 0 Å². The maximum absolute atomic E-state index is 13.2. The lowest BCUT2D eigenvalue weighted by Gasteiger charge is -2.01. The number of rotatable bonds is 1. The van der Waals surface area contributed by atoms with Crippen molar-refractivity contribution in [3.8, 4) is 12.3 Å². The average Bonchev–Trinajstić information content (AvgIpc) is 2.04. The van der Waals surface area contributed by atoms with Crippen LogP contribution < -0.4 is 5.73 Å². The number of amidine groups is 1. The number of nitrogens with two attached hydrogens (primary N) is 1. The second-order valence-corrected chi connectivity index (χ2v) is 2.23. The molecule has 1 rings (SSSR count). The molecular formula is C9H7FN2. The molecule has 0 aliphatic heterocycles. The van der Waals surface area contributed by atoms with Crippen molar-refractivity contribution in [3.05, 3.63) is 35.1 Å². The lowest BCUT2D eigenvalue weighted by molar-refractivity contribution is 0.621. The lowest BCUT2D eigenvalue weighted by Crippen LogP contribution is -2.13. The summed E-state index contributed by atoms with van der Waals surface area (Å²) in [5.74, 6) is 1.24. The van der Waals surface area contributed by atoms with Crippen LogP contribution >= 0.6 is 0 Å². The second-order valence-electron chi connectivity index (χ2n) is 2.23. The van der Waals surface area contributed by atoms with Crippen molar-refractivity contribution >= 4 is 5.84 Å². The van der Waals surface area contributed by atoms with E-state index in [1.54, 1.807) is 6.07 Å². The highest BCUT2D eigenvalue weighted by Gasteiger charge is 2.07. The molecule has 3 N–H and O–H groups in total. The summed E-state index contributed by atoms with van der Waals surface area (Å²) in [7, 11) is 0. The van der Waals surface area contributed by atoms with Gasteiger partial charge in [-0.05, 0) is 12.1 Å². The van der Waals surface area contributed by atoms with Crippen LogP contribution in [0.4, 0.5) is 4.39 Å². The normalized spacial score (nSPS) is 9.00. The van der Waals surface area contributed by atoms with Crippen molar-refractivity contribution < 1.29 is 4.39 Å². The van der Waals surface area contributed by atoms with Gasteiger partial charge >= 0.3 is 0 Å².